The molecule has 0 spiro atoms. The van der Waals surface area contributed by atoms with E-state index in [0.717, 1.165) is 67.0 Å². The van der Waals surface area contributed by atoms with E-state index in [2.05, 4.69) is 39.5 Å². The molecule has 1 fully saturated rings. The third-order valence-electron chi connectivity index (χ3n) is 5.42. The quantitative estimate of drug-likeness (QED) is 0.617. The molecule has 0 saturated carbocycles. The van der Waals surface area contributed by atoms with Gasteiger partial charge in [0.15, 0.2) is 5.65 Å². The second-order valence-electron chi connectivity index (χ2n) is 7.30. The minimum atomic E-state index is -0.209. The van der Waals surface area contributed by atoms with Crippen LogP contribution in [0, 0.1) is 0 Å². The first kappa shape index (κ1) is 20.2. The molecule has 3 aromatic rings. The smallest absolute Gasteiger partial charge is 0.254 e. The second-order valence-corrected chi connectivity index (χ2v) is 7.30. The van der Waals surface area contributed by atoms with Crippen molar-refractivity contribution in [1.82, 2.24) is 30.0 Å². The molecule has 3 aromatic heterocycles. The normalized spacial score (nSPS) is 14.7. The number of anilines is 1. The topological polar surface area (TPSA) is 107 Å². The molecule has 1 aliphatic heterocycles. The first-order valence-corrected chi connectivity index (χ1v) is 10.5. The summed E-state index contributed by atoms with van der Waals surface area (Å²) in [6, 6.07) is 0.316. The molecule has 1 saturated heterocycles. The number of aryl methyl sites for hydroxylation is 2. The van der Waals surface area contributed by atoms with E-state index in [1.165, 1.54) is 18.7 Å². The molecule has 0 aromatic carbocycles. The highest BCUT2D eigenvalue weighted by molar-refractivity contribution is 5.94. The Morgan fingerprint density at radius 3 is 2.67 bits per heavy atom. The molecular formula is C21H27N7O2. The van der Waals surface area contributed by atoms with E-state index in [4.69, 9.17) is 9.72 Å². The number of nitrogens with one attached hydrogen (secondary N) is 2. The van der Waals surface area contributed by atoms with Crippen molar-refractivity contribution in [2.45, 2.75) is 52.2 Å². The average molecular weight is 409 g/mol. The number of carbonyl (C=O) groups is 1. The summed E-state index contributed by atoms with van der Waals surface area (Å²) >= 11 is 0. The first-order valence-electron chi connectivity index (χ1n) is 10.5. The first-order chi connectivity index (χ1) is 14.7. The molecule has 0 radical (unpaired) electrons. The molecule has 9 heteroatoms. The minimum absolute atomic E-state index is 0.209. The molecule has 30 heavy (non-hydrogen) atoms. The molecule has 0 atom stereocenters. The Bertz CT molecular complexity index is 1010. The van der Waals surface area contributed by atoms with E-state index >= 15 is 0 Å². The van der Waals surface area contributed by atoms with E-state index in [0.29, 0.717) is 18.2 Å². The summed E-state index contributed by atoms with van der Waals surface area (Å²) in [5.41, 5.74) is 4.26. The molecule has 9 nitrogen and oxygen atoms in total. The molecule has 4 heterocycles. The zero-order valence-corrected chi connectivity index (χ0v) is 17.4. The van der Waals surface area contributed by atoms with Gasteiger partial charge in [0.25, 0.3) is 5.91 Å². The molecule has 0 unspecified atom stereocenters. The lowest BCUT2D eigenvalue weighted by molar-refractivity contribution is 0.0904. The SMILES string of the molecule is CCc1nc2c(cnn2CC)c(NC2CCOCC2)c1CNC(=O)c1cncnc1. The van der Waals surface area contributed by atoms with Gasteiger partial charge in [0.05, 0.1) is 22.8 Å². The highest BCUT2D eigenvalue weighted by Gasteiger charge is 2.22. The number of aromatic nitrogens is 5. The van der Waals surface area contributed by atoms with Crippen LogP contribution < -0.4 is 10.6 Å². The van der Waals surface area contributed by atoms with Gasteiger partial charge in [-0.1, -0.05) is 6.92 Å². The van der Waals surface area contributed by atoms with Crippen molar-refractivity contribution in [3.63, 3.8) is 0 Å². The summed E-state index contributed by atoms with van der Waals surface area (Å²) in [4.78, 5) is 25.3. The zero-order valence-electron chi connectivity index (χ0n) is 17.4. The van der Waals surface area contributed by atoms with Gasteiger partial charge in [0.2, 0.25) is 0 Å². The Morgan fingerprint density at radius 1 is 1.20 bits per heavy atom. The van der Waals surface area contributed by atoms with Gasteiger partial charge < -0.3 is 15.4 Å². The maximum absolute atomic E-state index is 12.6. The Hall–Kier alpha value is -3.07. The second kappa shape index (κ2) is 9.17. The summed E-state index contributed by atoms with van der Waals surface area (Å²) in [6.07, 6.45) is 8.94. The molecule has 0 aliphatic carbocycles. The highest BCUT2D eigenvalue weighted by atomic mass is 16.5. The van der Waals surface area contributed by atoms with Crippen LogP contribution in [-0.4, -0.2) is 49.9 Å². The average Bonchev–Trinajstić information content (AvgIpc) is 3.22. The van der Waals surface area contributed by atoms with Crippen LogP contribution in [0.5, 0.6) is 0 Å². The lowest BCUT2D eigenvalue weighted by atomic mass is 10.0. The van der Waals surface area contributed by atoms with Gasteiger partial charge in [0, 0.05) is 56.0 Å². The predicted molar refractivity (Wildman–Crippen MR) is 113 cm³/mol. The van der Waals surface area contributed by atoms with E-state index < -0.39 is 0 Å². The van der Waals surface area contributed by atoms with E-state index in [-0.39, 0.29) is 5.91 Å². The minimum Gasteiger partial charge on any atom is -0.381 e. The number of rotatable bonds is 7. The van der Waals surface area contributed by atoms with Crippen LogP contribution in [0.25, 0.3) is 11.0 Å². The predicted octanol–water partition coefficient (Wildman–Crippen LogP) is 2.32. The Labute approximate surface area is 175 Å². The monoisotopic (exact) mass is 409 g/mol. The standard InChI is InChI=1S/C21H27N7O2/c1-3-18-16(11-24-21(29)14-9-22-13-23-10-14)19(26-15-5-7-30-8-6-15)17-12-25-28(4-2)20(17)27-18/h9-10,12-13,15H,3-8,11H2,1-2H3,(H,24,29)(H,26,27). The van der Waals surface area contributed by atoms with Gasteiger partial charge in [-0.15, -0.1) is 0 Å². The van der Waals surface area contributed by atoms with E-state index in [1.54, 1.807) is 0 Å². The van der Waals surface area contributed by atoms with Crippen LogP contribution in [0.2, 0.25) is 0 Å². The number of hydrogen-bond donors (Lipinski definition) is 2. The molecule has 2 N–H and O–H groups in total. The maximum Gasteiger partial charge on any atom is 0.254 e. The number of fused-ring (bicyclic) bond motifs is 1. The molecule has 0 bridgehead atoms. The Morgan fingerprint density at radius 2 is 1.97 bits per heavy atom. The summed E-state index contributed by atoms with van der Waals surface area (Å²) < 4.78 is 7.42. The third-order valence-corrected chi connectivity index (χ3v) is 5.42. The third kappa shape index (κ3) is 4.11. The van der Waals surface area contributed by atoms with Crippen molar-refractivity contribution in [2.24, 2.45) is 0 Å². The highest BCUT2D eigenvalue weighted by Crippen LogP contribution is 2.31. The maximum atomic E-state index is 12.6. The Kier molecular flexibility index (Phi) is 6.18. The molecule has 1 aliphatic rings. The van der Waals surface area contributed by atoms with E-state index in [1.807, 2.05) is 10.9 Å². The van der Waals surface area contributed by atoms with Crippen LogP contribution >= 0.6 is 0 Å². The summed E-state index contributed by atoms with van der Waals surface area (Å²) in [6.45, 7) is 6.75. The van der Waals surface area contributed by atoms with Crippen LogP contribution in [-0.2, 0) is 24.2 Å². The van der Waals surface area contributed by atoms with Crippen LogP contribution in [0.4, 0.5) is 5.69 Å². The molecule has 4 rings (SSSR count). The number of nitrogens with zero attached hydrogens (tertiary/aromatic N) is 5. The van der Waals surface area contributed by atoms with Gasteiger partial charge in [-0.2, -0.15) is 5.10 Å². The molecular weight excluding hydrogens is 382 g/mol. The van der Waals surface area contributed by atoms with Crippen molar-refractivity contribution in [1.29, 1.82) is 0 Å². The number of pyridine rings is 1. The van der Waals surface area contributed by atoms with Crippen LogP contribution in [0.15, 0.2) is 24.9 Å². The molecule has 1 amide bonds. The fourth-order valence-corrected chi connectivity index (χ4v) is 3.79. The fraction of sp³-hybridized carbons (Fsp3) is 0.476. The van der Waals surface area contributed by atoms with E-state index in [9.17, 15) is 4.79 Å². The van der Waals surface area contributed by atoms with Crippen molar-refractivity contribution in [3.05, 3.63) is 41.7 Å². The summed E-state index contributed by atoms with van der Waals surface area (Å²) in [5, 5.41) is 12.2. The van der Waals surface area contributed by atoms with Crippen molar-refractivity contribution >= 4 is 22.6 Å². The zero-order chi connectivity index (χ0) is 20.9. The largest absolute Gasteiger partial charge is 0.381 e. The van der Waals surface area contributed by atoms with Gasteiger partial charge in [-0.05, 0) is 26.2 Å². The lowest BCUT2D eigenvalue weighted by Crippen LogP contribution is -2.30. The summed E-state index contributed by atoms with van der Waals surface area (Å²) in [7, 11) is 0. The number of amides is 1. The lowest BCUT2D eigenvalue weighted by Gasteiger charge is -2.26. The summed E-state index contributed by atoms with van der Waals surface area (Å²) in [5.74, 6) is -0.209. The van der Waals surface area contributed by atoms with Gasteiger partial charge in [0.1, 0.15) is 6.33 Å². The fourth-order valence-electron chi connectivity index (χ4n) is 3.79. The van der Waals surface area contributed by atoms with Gasteiger partial charge >= 0.3 is 0 Å². The van der Waals surface area contributed by atoms with Crippen molar-refractivity contribution in [2.75, 3.05) is 18.5 Å². The van der Waals surface area contributed by atoms with Gasteiger partial charge in [-0.25, -0.2) is 19.6 Å². The number of ether oxygens (including phenoxy) is 1. The Balaban J connectivity index is 1.70. The van der Waals surface area contributed by atoms with Crippen LogP contribution in [0.3, 0.4) is 0 Å². The van der Waals surface area contributed by atoms with Gasteiger partial charge in [-0.3, -0.25) is 4.79 Å². The molecule has 158 valence electrons. The van der Waals surface area contributed by atoms with Crippen LogP contribution in [0.1, 0.15) is 48.3 Å². The van der Waals surface area contributed by atoms with Crippen molar-refractivity contribution in [3.8, 4) is 0 Å². The van der Waals surface area contributed by atoms with Crippen molar-refractivity contribution < 1.29 is 9.53 Å². The number of hydrogen-bond acceptors (Lipinski definition) is 7. The number of carbonyl (C=O) groups excluding carboxylic acids is 1.